The van der Waals surface area contributed by atoms with E-state index in [0.717, 1.165) is 27.9 Å². The second kappa shape index (κ2) is 7.65. The molecule has 0 amide bonds. The lowest BCUT2D eigenvalue weighted by Crippen LogP contribution is -2.14. The molecule has 1 N–H and O–H groups in total. The summed E-state index contributed by atoms with van der Waals surface area (Å²) in [7, 11) is -2.42. The van der Waals surface area contributed by atoms with E-state index in [2.05, 4.69) is 14.7 Å². The summed E-state index contributed by atoms with van der Waals surface area (Å²) < 4.78 is 36.6. The maximum Gasteiger partial charge on any atom is 0.264 e. The first-order chi connectivity index (χ1) is 15.4. The van der Waals surface area contributed by atoms with Crippen molar-refractivity contribution >= 4 is 32.3 Å². The Morgan fingerprint density at radius 3 is 2.72 bits per heavy atom. The number of para-hydroxylation sites is 1. The number of hydrogen-bond donors (Lipinski definition) is 1. The molecule has 0 saturated heterocycles. The number of nitrogens with zero attached hydrogens (tertiary/aromatic N) is 3. The highest BCUT2D eigenvalue weighted by Gasteiger charge is 2.21. The Hall–Kier alpha value is -3.91. The van der Waals surface area contributed by atoms with Gasteiger partial charge in [-0.3, -0.25) is 9.71 Å². The number of benzene rings is 2. The highest BCUT2D eigenvalue weighted by molar-refractivity contribution is 7.93. The zero-order chi connectivity index (χ0) is 22.3. The van der Waals surface area contributed by atoms with Crippen molar-refractivity contribution < 1.29 is 13.2 Å². The molecule has 7 nitrogen and oxygen atoms in total. The van der Waals surface area contributed by atoms with Crippen LogP contribution in [0.15, 0.2) is 84.1 Å². The predicted octanol–water partition coefficient (Wildman–Crippen LogP) is 4.67. The lowest BCUT2D eigenvalue weighted by molar-refractivity contribution is 0.417. The zero-order valence-electron chi connectivity index (χ0n) is 17.5. The Kier molecular flexibility index (Phi) is 4.79. The summed E-state index contributed by atoms with van der Waals surface area (Å²) in [5.41, 5.74) is 4.16. The summed E-state index contributed by atoms with van der Waals surface area (Å²) in [6.45, 7) is 2.01. The number of aryl methyl sites for hydroxylation is 1. The molecule has 0 aliphatic rings. The molecule has 0 aliphatic heterocycles. The number of fused-ring (bicyclic) bond motifs is 2. The van der Waals surface area contributed by atoms with Crippen LogP contribution in [-0.2, 0) is 10.0 Å². The molecule has 0 bridgehead atoms. The van der Waals surface area contributed by atoms with E-state index in [4.69, 9.17) is 4.74 Å². The monoisotopic (exact) mass is 444 g/mol. The van der Waals surface area contributed by atoms with Gasteiger partial charge in [-0.05, 0) is 55.0 Å². The van der Waals surface area contributed by atoms with Crippen molar-refractivity contribution in [2.24, 2.45) is 0 Å². The summed E-state index contributed by atoms with van der Waals surface area (Å²) in [5.74, 6) is 0.408. The van der Waals surface area contributed by atoms with Gasteiger partial charge >= 0.3 is 0 Å². The van der Waals surface area contributed by atoms with Gasteiger partial charge in [0.2, 0.25) is 0 Å². The van der Waals surface area contributed by atoms with Crippen LogP contribution in [0.4, 0.5) is 5.69 Å². The van der Waals surface area contributed by atoms with Crippen molar-refractivity contribution in [3.8, 4) is 17.0 Å². The van der Waals surface area contributed by atoms with Crippen LogP contribution < -0.4 is 9.46 Å². The minimum Gasteiger partial charge on any atom is -0.495 e. The summed E-state index contributed by atoms with van der Waals surface area (Å²) >= 11 is 0. The first-order valence-electron chi connectivity index (χ1n) is 9.95. The van der Waals surface area contributed by atoms with Crippen LogP contribution in [0.5, 0.6) is 5.75 Å². The number of rotatable bonds is 5. The van der Waals surface area contributed by atoms with E-state index < -0.39 is 10.0 Å². The van der Waals surface area contributed by atoms with Gasteiger partial charge in [0.05, 0.1) is 24.0 Å². The fraction of sp³-hybridized carbons (Fsp3) is 0.0833. The molecule has 3 heterocycles. The highest BCUT2D eigenvalue weighted by atomic mass is 32.2. The van der Waals surface area contributed by atoms with E-state index >= 15 is 0 Å². The van der Waals surface area contributed by atoms with Gasteiger partial charge in [0, 0.05) is 29.5 Å². The Morgan fingerprint density at radius 1 is 1.03 bits per heavy atom. The van der Waals surface area contributed by atoms with Crippen molar-refractivity contribution in [2.75, 3.05) is 11.8 Å². The van der Waals surface area contributed by atoms with Gasteiger partial charge in [-0.1, -0.05) is 18.2 Å². The normalized spacial score (nSPS) is 11.7. The number of anilines is 1. The van der Waals surface area contributed by atoms with Gasteiger partial charge in [-0.15, -0.1) is 0 Å². The van der Waals surface area contributed by atoms with E-state index in [1.165, 1.54) is 7.11 Å². The molecule has 8 heteroatoms. The third-order valence-electron chi connectivity index (χ3n) is 5.24. The van der Waals surface area contributed by atoms with E-state index in [0.29, 0.717) is 17.0 Å². The minimum absolute atomic E-state index is 0.103. The average molecular weight is 445 g/mol. The smallest absolute Gasteiger partial charge is 0.264 e. The van der Waals surface area contributed by atoms with Crippen molar-refractivity contribution in [3.63, 3.8) is 0 Å². The molecule has 0 aliphatic carbocycles. The van der Waals surface area contributed by atoms with Crippen LogP contribution in [0.25, 0.3) is 27.8 Å². The van der Waals surface area contributed by atoms with Gasteiger partial charge in [0.25, 0.3) is 10.0 Å². The largest absolute Gasteiger partial charge is 0.495 e. The Morgan fingerprint density at radius 2 is 1.88 bits per heavy atom. The second-order valence-corrected chi connectivity index (χ2v) is 9.10. The van der Waals surface area contributed by atoms with Gasteiger partial charge in [-0.2, -0.15) is 0 Å². The van der Waals surface area contributed by atoms with Crippen LogP contribution in [0.2, 0.25) is 0 Å². The van der Waals surface area contributed by atoms with Gasteiger partial charge in [-0.25, -0.2) is 13.4 Å². The summed E-state index contributed by atoms with van der Waals surface area (Å²) in [5, 5.41) is 0.746. The summed E-state index contributed by atoms with van der Waals surface area (Å²) in [6.07, 6.45) is 5.43. The van der Waals surface area contributed by atoms with Crippen LogP contribution in [0.3, 0.4) is 0 Å². The number of pyridine rings is 2. The second-order valence-electron chi connectivity index (χ2n) is 7.45. The number of imidazole rings is 1. The maximum absolute atomic E-state index is 13.3. The molecule has 5 aromatic rings. The third kappa shape index (κ3) is 3.54. The van der Waals surface area contributed by atoms with Crippen LogP contribution in [0.1, 0.15) is 5.56 Å². The van der Waals surface area contributed by atoms with E-state index in [9.17, 15) is 8.42 Å². The van der Waals surface area contributed by atoms with Crippen molar-refractivity contribution in [1.29, 1.82) is 0 Å². The predicted molar refractivity (Wildman–Crippen MR) is 124 cm³/mol. The van der Waals surface area contributed by atoms with Crippen LogP contribution >= 0.6 is 0 Å². The number of methoxy groups -OCH3 is 1. The van der Waals surface area contributed by atoms with Crippen molar-refractivity contribution in [1.82, 2.24) is 14.4 Å². The van der Waals surface area contributed by atoms with E-state index in [-0.39, 0.29) is 4.90 Å². The quantitative estimate of drug-likeness (QED) is 0.426. The molecule has 160 valence electrons. The third-order valence-corrected chi connectivity index (χ3v) is 6.64. The molecular formula is C24H20N4O3S. The van der Waals surface area contributed by atoms with Gasteiger partial charge < -0.3 is 9.14 Å². The standard InChI is InChI=1S/C24H20N4O3S/c1-16-10-12-28-15-20(26-23(28)13-16)18-8-9-21(31-2)19(14-18)27-32(29,30)22-7-3-5-17-6-4-11-25-24(17)22/h3-15,27H,1-2H3. The van der Waals surface area contributed by atoms with Crippen LogP contribution in [-0.4, -0.2) is 29.9 Å². The molecule has 0 fully saturated rings. The molecule has 0 saturated carbocycles. The molecule has 0 radical (unpaired) electrons. The number of aromatic nitrogens is 3. The van der Waals surface area contributed by atoms with Crippen molar-refractivity contribution in [3.05, 3.63) is 84.8 Å². The highest BCUT2D eigenvalue weighted by Crippen LogP contribution is 2.33. The first-order valence-corrected chi connectivity index (χ1v) is 11.4. The number of sulfonamides is 1. The van der Waals surface area contributed by atoms with Gasteiger partial charge in [0.1, 0.15) is 16.3 Å². The fourth-order valence-electron chi connectivity index (χ4n) is 3.66. The molecule has 32 heavy (non-hydrogen) atoms. The summed E-state index contributed by atoms with van der Waals surface area (Å²) in [4.78, 5) is 9.04. The number of ether oxygens (including phenoxy) is 1. The molecular weight excluding hydrogens is 424 g/mol. The topological polar surface area (TPSA) is 85.6 Å². The molecule has 0 atom stereocenters. The Bertz CT molecular complexity index is 1570. The molecule has 3 aromatic heterocycles. The minimum atomic E-state index is -3.92. The van der Waals surface area contributed by atoms with Crippen LogP contribution in [0, 0.1) is 6.92 Å². The average Bonchev–Trinajstić information content (AvgIpc) is 3.21. The molecule has 0 unspecified atom stereocenters. The van der Waals surface area contributed by atoms with Gasteiger partial charge in [0.15, 0.2) is 0 Å². The Balaban J connectivity index is 1.58. The lowest BCUT2D eigenvalue weighted by atomic mass is 10.1. The Labute approximate surface area is 185 Å². The fourth-order valence-corrected chi connectivity index (χ4v) is 4.90. The summed E-state index contributed by atoms with van der Waals surface area (Å²) in [6, 6.07) is 18.0. The zero-order valence-corrected chi connectivity index (χ0v) is 18.3. The van der Waals surface area contributed by atoms with E-state index in [1.807, 2.05) is 54.0 Å². The molecule has 2 aromatic carbocycles. The lowest BCUT2D eigenvalue weighted by Gasteiger charge is -2.14. The van der Waals surface area contributed by atoms with Crippen molar-refractivity contribution in [2.45, 2.75) is 11.8 Å². The molecule has 0 spiro atoms. The SMILES string of the molecule is COc1ccc(-c2cn3ccc(C)cc3n2)cc1NS(=O)(=O)c1cccc2cccnc12. The number of hydrogen-bond acceptors (Lipinski definition) is 5. The van der Waals surface area contributed by atoms with E-state index in [1.54, 1.807) is 36.5 Å². The molecule has 5 rings (SSSR count). The number of nitrogens with one attached hydrogen (secondary N) is 1. The first kappa shape index (κ1) is 20.0. The maximum atomic E-state index is 13.3.